The van der Waals surface area contributed by atoms with Gasteiger partial charge in [0.15, 0.2) is 5.41 Å². The smallest absolute Gasteiger partial charge is 0.323 e. The maximum absolute atomic E-state index is 12.7. The molecule has 25 heavy (non-hydrogen) atoms. The summed E-state index contributed by atoms with van der Waals surface area (Å²) in [5, 5.41) is 0. The van der Waals surface area contributed by atoms with Crippen molar-refractivity contribution in [2.24, 2.45) is 5.41 Å². The molecule has 132 valence electrons. The van der Waals surface area contributed by atoms with Crippen LogP contribution in [-0.2, 0) is 19.1 Å². The van der Waals surface area contributed by atoms with E-state index in [1.54, 1.807) is 0 Å². The van der Waals surface area contributed by atoms with Crippen LogP contribution < -0.4 is 0 Å². The summed E-state index contributed by atoms with van der Waals surface area (Å²) in [6.07, 6.45) is 16.7. The normalized spacial score (nSPS) is 17.3. The van der Waals surface area contributed by atoms with Crippen LogP contribution in [0.4, 0.5) is 0 Å². The molecule has 2 rings (SSSR count). The van der Waals surface area contributed by atoms with Gasteiger partial charge in [0.25, 0.3) is 0 Å². The summed E-state index contributed by atoms with van der Waals surface area (Å²) >= 11 is 0. The molecule has 0 bridgehead atoms. The number of hydrogen-bond acceptors (Lipinski definition) is 4. The van der Waals surface area contributed by atoms with Crippen molar-refractivity contribution in [2.45, 2.75) is 51.4 Å². The molecule has 0 aliphatic heterocycles. The van der Waals surface area contributed by atoms with Gasteiger partial charge >= 0.3 is 11.9 Å². The zero-order valence-electron chi connectivity index (χ0n) is 14.9. The Balaban J connectivity index is 2.50. The Hall–Kier alpha value is -2.46. The van der Waals surface area contributed by atoms with Crippen LogP contribution in [0.2, 0.25) is 0 Å². The average Bonchev–Trinajstić information content (AvgIpc) is 3.27. The van der Waals surface area contributed by atoms with Crippen LogP contribution in [-0.4, -0.2) is 26.2 Å². The van der Waals surface area contributed by atoms with E-state index in [0.29, 0.717) is 0 Å². The van der Waals surface area contributed by atoms with Crippen LogP contribution in [0.1, 0.15) is 51.4 Å². The number of esters is 2. The average molecular weight is 340 g/mol. The number of hydrogen-bond donors (Lipinski definition) is 0. The van der Waals surface area contributed by atoms with Gasteiger partial charge in [-0.25, -0.2) is 0 Å². The third kappa shape index (κ3) is 3.64. The van der Waals surface area contributed by atoms with Gasteiger partial charge in [-0.1, -0.05) is 23.0 Å². The fourth-order valence-corrected chi connectivity index (χ4v) is 3.90. The maximum Gasteiger partial charge on any atom is 0.323 e. The molecule has 4 nitrogen and oxygen atoms in total. The zero-order chi connectivity index (χ0) is 18.4. The van der Waals surface area contributed by atoms with Crippen LogP contribution in [0.5, 0.6) is 0 Å². The first-order valence-electron chi connectivity index (χ1n) is 8.54. The summed E-state index contributed by atoms with van der Waals surface area (Å²) in [7, 11) is 2.58. The Kier molecular flexibility index (Phi) is 6.10. The van der Waals surface area contributed by atoms with Gasteiger partial charge in [-0.3, -0.25) is 9.59 Å². The Morgan fingerprint density at radius 1 is 0.880 bits per heavy atom. The van der Waals surface area contributed by atoms with E-state index in [-0.39, 0.29) is 12.8 Å². The maximum atomic E-state index is 12.7. The van der Waals surface area contributed by atoms with Crippen LogP contribution in [0, 0.1) is 30.1 Å². The summed E-state index contributed by atoms with van der Waals surface area (Å²) in [5.74, 6) is 4.21. The third-order valence-electron chi connectivity index (χ3n) is 5.20. The molecule has 0 aromatic heterocycles. The number of ether oxygens (including phenoxy) is 2. The lowest BCUT2D eigenvalue weighted by Crippen LogP contribution is -2.42. The van der Waals surface area contributed by atoms with Crippen LogP contribution in [0.25, 0.3) is 0 Å². The summed E-state index contributed by atoms with van der Waals surface area (Å²) in [6.45, 7) is 0. The lowest BCUT2D eigenvalue weighted by molar-refractivity contribution is -0.169. The molecule has 0 amide bonds. The van der Waals surface area contributed by atoms with Crippen molar-refractivity contribution in [1.82, 2.24) is 0 Å². The molecule has 2 aliphatic carbocycles. The van der Waals surface area contributed by atoms with E-state index in [4.69, 9.17) is 22.3 Å². The quantitative estimate of drug-likeness (QED) is 0.423. The number of methoxy groups -OCH3 is 2. The summed E-state index contributed by atoms with van der Waals surface area (Å²) in [4.78, 5) is 25.5. The van der Waals surface area contributed by atoms with Crippen molar-refractivity contribution in [3.05, 3.63) is 22.3 Å². The predicted octanol–water partition coefficient (Wildman–Crippen LogP) is 3.33. The van der Waals surface area contributed by atoms with Gasteiger partial charge in [0.1, 0.15) is 0 Å². The minimum absolute atomic E-state index is 0.229. The Morgan fingerprint density at radius 2 is 1.28 bits per heavy atom. The molecule has 0 saturated carbocycles. The molecular formula is C21H24O4. The second-order valence-electron chi connectivity index (χ2n) is 6.58. The molecule has 0 aromatic carbocycles. The van der Waals surface area contributed by atoms with Crippen molar-refractivity contribution < 1.29 is 19.1 Å². The topological polar surface area (TPSA) is 52.6 Å². The summed E-state index contributed by atoms with van der Waals surface area (Å²) in [6, 6.07) is 0. The highest BCUT2D eigenvalue weighted by Gasteiger charge is 2.50. The first-order valence-corrected chi connectivity index (χ1v) is 8.54. The fourth-order valence-electron chi connectivity index (χ4n) is 3.90. The van der Waals surface area contributed by atoms with Crippen molar-refractivity contribution in [3.63, 3.8) is 0 Å². The second-order valence-corrected chi connectivity index (χ2v) is 6.58. The number of carbonyl (C=O) groups excluding carboxylic acids is 2. The molecule has 0 spiro atoms. The number of rotatable bonds is 6. The van der Waals surface area contributed by atoms with E-state index in [0.717, 1.165) is 60.8 Å². The summed E-state index contributed by atoms with van der Waals surface area (Å²) < 4.78 is 10.0. The third-order valence-corrected chi connectivity index (χ3v) is 5.20. The van der Waals surface area contributed by atoms with E-state index >= 15 is 0 Å². The minimum atomic E-state index is -1.42. The van der Waals surface area contributed by atoms with Gasteiger partial charge in [-0.05, 0) is 51.4 Å². The minimum Gasteiger partial charge on any atom is -0.468 e. The van der Waals surface area contributed by atoms with Crippen molar-refractivity contribution in [3.8, 4) is 24.7 Å². The highest BCUT2D eigenvalue weighted by molar-refractivity contribution is 6.00. The molecule has 0 unspecified atom stereocenters. The molecule has 0 radical (unpaired) electrons. The van der Waals surface area contributed by atoms with Gasteiger partial charge in [0, 0.05) is 11.1 Å². The largest absolute Gasteiger partial charge is 0.468 e. The van der Waals surface area contributed by atoms with Gasteiger partial charge in [-0.15, -0.1) is 12.8 Å². The molecule has 0 fully saturated rings. The van der Waals surface area contributed by atoms with Crippen LogP contribution in [0.3, 0.4) is 0 Å². The highest BCUT2D eigenvalue weighted by Crippen LogP contribution is 2.44. The standard InChI is InChI=1S/C21H24O4/c1-5-15-9-7-11-17(15)13-21(19(22)24-3,20(23)25-4)14-18-12-8-10-16(18)6-2/h1-2H,7-14H2,3-4H3. The van der Waals surface area contributed by atoms with E-state index in [1.165, 1.54) is 14.2 Å². The Morgan fingerprint density at radius 3 is 1.60 bits per heavy atom. The fraction of sp³-hybridized carbons (Fsp3) is 0.524. The van der Waals surface area contributed by atoms with Crippen LogP contribution in [0.15, 0.2) is 22.3 Å². The number of allylic oxidation sites excluding steroid dienone is 4. The van der Waals surface area contributed by atoms with E-state index in [2.05, 4.69) is 11.8 Å². The van der Waals surface area contributed by atoms with Gasteiger partial charge in [0.2, 0.25) is 0 Å². The molecule has 0 aromatic rings. The van der Waals surface area contributed by atoms with E-state index in [9.17, 15) is 9.59 Å². The molecule has 2 aliphatic rings. The molecule has 0 saturated heterocycles. The molecule has 0 heterocycles. The lowest BCUT2D eigenvalue weighted by Gasteiger charge is -2.30. The van der Waals surface area contributed by atoms with Gasteiger partial charge in [0.05, 0.1) is 14.2 Å². The first kappa shape index (κ1) is 18.9. The van der Waals surface area contributed by atoms with Gasteiger partial charge < -0.3 is 9.47 Å². The molecule has 0 atom stereocenters. The number of terminal acetylenes is 2. The summed E-state index contributed by atoms with van der Waals surface area (Å²) in [5.41, 5.74) is 2.29. The predicted molar refractivity (Wildman–Crippen MR) is 95.1 cm³/mol. The van der Waals surface area contributed by atoms with Crippen molar-refractivity contribution >= 4 is 11.9 Å². The van der Waals surface area contributed by atoms with Gasteiger partial charge in [-0.2, -0.15) is 0 Å². The van der Waals surface area contributed by atoms with Crippen molar-refractivity contribution in [1.29, 1.82) is 0 Å². The molecule has 4 heteroatoms. The van der Waals surface area contributed by atoms with E-state index in [1.807, 2.05) is 0 Å². The highest BCUT2D eigenvalue weighted by atomic mass is 16.5. The number of carbonyl (C=O) groups is 2. The van der Waals surface area contributed by atoms with Crippen molar-refractivity contribution in [2.75, 3.05) is 14.2 Å². The molecule has 0 N–H and O–H groups in total. The lowest BCUT2D eigenvalue weighted by atomic mass is 9.74. The van der Waals surface area contributed by atoms with Crippen LogP contribution >= 0.6 is 0 Å². The zero-order valence-corrected chi connectivity index (χ0v) is 14.9. The SMILES string of the molecule is C#CC1=C(CC(CC2=C(C#C)CCC2)(C(=O)OC)C(=O)OC)CCC1. The molecular weight excluding hydrogens is 316 g/mol. The second kappa shape index (κ2) is 8.08. The Labute approximate surface area is 149 Å². The Bertz CT molecular complexity index is 647. The monoisotopic (exact) mass is 340 g/mol. The first-order chi connectivity index (χ1) is 12.0. The van der Waals surface area contributed by atoms with E-state index < -0.39 is 17.4 Å².